The molecule has 1 N–H and O–H groups in total. The number of hydrogen-bond donors (Lipinski definition) is 1. The first-order valence-electron chi connectivity index (χ1n) is 10.8. The van der Waals surface area contributed by atoms with Gasteiger partial charge in [0, 0.05) is 43.1 Å². The first kappa shape index (κ1) is 21.2. The molecule has 7 heteroatoms. The molecule has 0 saturated carbocycles. The molecule has 2 saturated heterocycles. The zero-order chi connectivity index (χ0) is 21.8. The van der Waals surface area contributed by atoms with Gasteiger partial charge in [-0.05, 0) is 62.4 Å². The van der Waals surface area contributed by atoms with E-state index in [2.05, 4.69) is 10.2 Å². The van der Waals surface area contributed by atoms with E-state index in [1.54, 1.807) is 4.90 Å². The van der Waals surface area contributed by atoms with E-state index in [1.165, 1.54) is 0 Å². The fourth-order valence-corrected chi connectivity index (χ4v) is 3.93. The Labute approximate surface area is 182 Å². The van der Waals surface area contributed by atoms with E-state index in [0.29, 0.717) is 6.54 Å². The molecule has 2 aliphatic rings. The molecule has 0 spiro atoms. The van der Waals surface area contributed by atoms with Crippen molar-refractivity contribution in [3.63, 3.8) is 0 Å². The minimum Gasteiger partial charge on any atom is -0.491 e. The molecule has 1 atom stereocenters. The molecule has 2 aromatic rings. The lowest BCUT2D eigenvalue weighted by atomic mass is 10.1. The lowest BCUT2D eigenvalue weighted by Crippen LogP contribution is -2.36. The minimum atomic E-state index is -0.377. The summed E-state index contributed by atoms with van der Waals surface area (Å²) in [6, 6.07) is 15.3. The number of benzene rings is 2. The molecule has 7 nitrogen and oxygen atoms in total. The molecule has 2 aliphatic heterocycles. The SMILES string of the molecule is CC(C)Oc1ccc(N2C[C@H](C(=O)Nc3ccc(N4CCOCC4)cc3)CC2=O)cc1. The molecule has 2 heterocycles. The number of hydrogen-bond acceptors (Lipinski definition) is 5. The van der Waals surface area contributed by atoms with Gasteiger partial charge < -0.3 is 24.6 Å². The lowest BCUT2D eigenvalue weighted by molar-refractivity contribution is -0.122. The largest absolute Gasteiger partial charge is 0.491 e. The van der Waals surface area contributed by atoms with Crippen molar-refractivity contribution in [2.24, 2.45) is 5.92 Å². The molecule has 0 aliphatic carbocycles. The Morgan fingerprint density at radius 3 is 2.32 bits per heavy atom. The number of ether oxygens (including phenoxy) is 2. The van der Waals surface area contributed by atoms with Gasteiger partial charge in [-0.3, -0.25) is 9.59 Å². The van der Waals surface area contributed by atoms with Gasteiger partial charge in [0.25, 0.3) is 0 Å². The zero-order valence-electron chi connectivity index (χ0n) is 18.0. The van der Waals surface area contributed by atoms with E-state index in [4.69, 9.17) is 9.47 Å². The van der Waals surface area contributed by atoms with Crippen molar-refractivity contribution >= 4 is 28.9 Å². The number of nitrogens with one attached hydrogen (secondary N) is 1. The number of carbonyl (C=O) groups excluding carboxylic acids is 2. The van der Waals surface area contributed by atoms with Crippen LogP contribution >= 0.6 is 0 Å². The van der Waals surface area contributed by atoms with Crippen LogP contribution in [-0.4, -0.2) is 50.8 Å². The highest BCUT2D eigenvalue weighted by atomic mass is 16.5. The van der Waals surface area contributed by atoms with E-state index < -0.39 is 0 Å². The number of morpholine rings is 1. The summed E-state index contributed by atoms with van der Waals surface area (Å²) in [5.74, 6) is 0.216. The first-order chi connectivity index (χ1) is 15.0. The van der Waals surface area contributed by atoms with Crippen LogP contribution < -0.4 is 19.9 Å². The fraction of sp³-hybridized carbons (Fsp3) is 0.417. The summed E-state index contributed by atoms with van der Waals surface area (Å²) < 4.78 is 11.0. The quantitative estimate of drug-likeness (QED) is 0.772. The van der Waals surface area contributed by atoms with Gasteiger partial charge in [0.05, 0.1) is 25.2 Å². The van der Waals surface area contributed by atoms with Crippen LogP contribution in [0.4, 0.5) is 17.1 Å². The second-order valence-electron chi connectivity index (χ2n) is 8.20. The molecule has 4 rings (SSSR count). The van der Waals surface area contributed by atoms with Crippen LogP contribution in [0.2, 0.25) is 0 Å². The number of anilines is 3. The van der Waals surface area contributed by atoms with Gasteiger partial charge in [-0.25, -0.2) is 0 Å². The molecule has 164 valence electrons. The van der Waals surface area contributed by atoms with Gasteiger partial charge in [0.2, 0.25) is 11.8 Å². The average molecular weight is 424 g/mol. The summed E-state index contributed by atoms with van der Waals surface area (Å²) in [5.41, 5.74) is 2.64. The molecule has 0 bridgehead atoms. The Bertz CT molecular complexity index is 905. The van der Waals surface area contributed by atoms with Crippen LogP contribution in [0.15, 0.2) is 48.5 Å². The Hall–Kier alpha value is -3.06. The molecule has 2 amide bonds. The molecule has 0 aromatic heterocycles. The Balaban J connectivity index is 1.34. The van der Waals surface area contributed by atoms with E-state index in [1.807, 2.05) is 62.4 Å². The van der Waals surface area contributed by atoms with Crippen LogP contribution in [0.25, 0.3) is 0 Å². The third-order valence-electron chi connectivity index (χ3n) is 5.53. The third kappa shape index (κ3) is 5.17. The summed E-state index contributed by atoms with van der Waals surface area (Å²) >= 11 is 0. The number of amides is 2. The smallest absolute Gasteiger partial charge is 0.229 e. The number of nitrogens with zero attached hydrogens (tertiary/aromatic N) is 2. The van der Waals surface area contributed by atoms with Gasteiger partial charge in [0.1, 0.15) is 5.75 Å². The first-order valence-corrected chi connectivity index (χ1v) is 10.8. The van der Waals surface area contributed by atoms with E-state index in [9.17, 15) is 9.59 Å². The normalized spacial score (nSPS) is 19.1. The van der Waals surface area contributed by atoms with Gasteiger partial charge in [-0.15, -0.1) is 0 Å². The highest BCUT2D eigenvalue weighted by Gasteiger charge is 2.35. The van der Waals surface area contributed by atoms with Crippen molar-refractivity contribution in [3.8, 4) is 5.75 Å². The van der Waals surface area contributed by atoms with Crippen molar-refractivity contribution in [2.75, 3.05) is 48.0 Å². The summed E-state index contributed by atoms with van der Waals surface area (Å²) in [6.45, 7) is 7.53. The van der Waals surface area contributed by atoms with Crippen LogP contribution in [0, 0.1) is 5.92 Å². The summed E-state index contributed by atoms with van der Waals surface area (Å²) in [4.78, 5) is 29.2. The summed E-state index contributed by atoms with van der Waals surface area (Å²) in [5, 5.41) is 2.96. The van der Waals surface area contributed by atoms with Crippen LogP contribution in [-0.2, 0) is 14.3 Å². The third-order valence-corrected chi connectivity index (χ3v) is 5.53. The Kier molecular flexibility index (Phi) is 6.42. The van der Waals surface area contributed by atoms with Crippen LogP contribution in [0.3, 0.4) is 0 Å². The topological polar surface area (TPSA) is 71.1 Å². The van der Waals surface area contributed by atoms with E-state index in [0.717, 1.165) is 49.1 Å². The molecule has 0 radical (unpaired) electrons. The van der Waals surface area contributed by atoms with E-state index >= 15 is 0 Å². The van der Waals surface area contributed by atoms with Crippen molar-refractivity contribution in [1.82, 2.24) is 0 Å². The molecule has 31 heavy (non-hydrogen) atoms. The summed E-state index contributed by atoms with van der Waals surface area (Å²) in [7, 11) is 0. The van der Waals surface area contributed by atoms with Crippen LogP contribution in [0.1, 0.15) is 20.3 Å². The standard InChI is InChI=1S/C24H29N3O4/c1-17(2)31-22-9-7-21(8-10-22)27-16-18(15-23(27)28)24(29)25-19-3-5-20(6-4-19)26-11-13-30-14-12-26/h3-10,17-18H,11-16H2,1-2H3,(H,25,29)/t18-/m1/s1. The molecular formula is C24H29N3O4. The second-order valence-corrected chi connectivity index (χ2v) is 8.20. The Morgan fingerprint density at radius 1 is 1.03 bits per heavy atom. The maximum absolute atomic E-state index is 12.8. The zero-order valence-corrected chi connectivity index (χ0v) is 18.0. The number of carbonyl (C=O) groups is 2. The highest BCUT2D eigenvalue weighted by molar-refractivity contribution is 6.03. The number of rotatable bonds is 6. The second kappa shape index (κ2) is 9.39. The molecular weight excluding hydrogens is 394 g/mol. The highest BCUT2D eigenvalue weighted by Crippen LogP contribution is 2.28. The Morgan fingerprint density at radius 2 is 1.68 bits per heavy atom. The van der Waals surface area contributed by atoms with Crippen molar-refractivity contribution in [1.29, 1.82) is 0 Å². The van der Waals surface area contributed by atoms with Gasteiger partial charge in [0.15, 0.2) is 0 Å². The maximum Gasteiger partial charge on any atom is 0.229 e. The molecule has 2 aromatic carbocycles. The molecule has 2 fully saturated rings. The van der Waals surface area contributed by atoms with Crippen LogP contribution in [0.5, 0.6) is 5.75 Å². The predicted molar refractivity (Wildman–Crippen MR) is 121 cm³/mol. The van der Waals surface area contributed by atoms with Gasteiger partial charge >= 0.3 is 0 Å². The van der Waals surface area contributed by atoms with Crippen molar-refractivity contribution in [3.05, 3.63) is 48.5 Å². The van der Waals surface area contributed by atoms with Gasteiger partial charge in [-0.2, -0.15) is 0 Å². The summed E-state index contributed by atoms with van der Waals surface area (Å²) in [6.07, 6.45) is 0.303. The van der Waals surface area contributed by atoms with E-state index in [-0.39, 0.29) is 30.3 Å². The fourth-order valence-electron chi connectivity index (χ4n) is 3.93. The molecule has 0 unspecified atom stereocenters. The monoisotopic (exact) mass is 423 g/mol. The minimum absolute atomic E-state index is 0.0413. The maximum atomic E-state index is 12.8. The van der Waals surface area contributed by atoms with Gasteiger partial charge in [-0.1, -0.05) is 0 Å². The average Bonchev–Trinajstić information content (AvgIpc) is 3.17. The lowest BCUT2D eigenvalue weighted by Gasteiger charge is -2.28. The van der Waals surface area contributed by atoms with Crippen molar-refractivity contribution in [2.45, 2.75) is 26.4 Å². The predicted octanol–water partition coefficient (Wildman–Crippen LogP) is 3.30. The van der Waals surface area contributed by atoms with Crippen molar-refractivity contribution < 1.29 is 19.1 Å².